The predicted octanol–water partition coefficient (Wildman–Crippen LogP) is 4.86. The minimum absolute atomic E-state index is 0.0511. The highest BCUT2D eigenvalue weighted by Gasteiger charge is 2.36. The molecule has 7 heteroatoms. The number of ketones is 1. The fourth-order valence-electron chi connectivity index (χ4n) is 5.31. The molecule has 2 atom stereocenters. The molecule has 5 rings (SSSR count). The van der Waals surface area contributed by atoms with Crippen molar-refractivity contribution in [3.05, 3.63) is 90.0 Å². The highest BCUT2D eigenvalue weighted by Crippen LogP contribution is 2.28. The number of benzene rings is 3. The summed E-state index contributed by atoms with van der Waals surface area (Å²) in [7, 11) is 1.78. The Balaban J connectivity index is 1.30. The second-order valence-corrected chi connectivity index (χ2v) is 9.83. The number of amides is 2. The van der Waals surface area contributed by atoms with Crippen molar-refractivity contribution in [1.29, 1.82) is 0 Å². The van der Waals surface area contributed by atoms with Crippen molar-refractivity contribution < 1.29 is 14.4 Å². The molecule has 38 heavy (non-hydrogen) atoms. The molecule has 0 radical (unpaired) electrons. The van der Waals surface area contributed by atoms with Crippen LogP contribution in [0.2, 0.25) is 0 Å². The maximum absolute atomic E-state index is 13.4. The molecule has 0 saturated carbocycles. The van der Waals surface area contributed by atoms with Gasteiger partial charge >= 0.3 is 0 Å². The number of hydrogen-bond donors (Lipinski definition) is 3. The van der Waals surface area contributed by atoms with E-state index < -0.39 is 12.1 Å². The average molecular weight is 509 g/mol. The first-order valence-electron chi connectivity index (χ1n) is 13.0. The molecule has 0 spiro atoms. The Morgan fingerprint density at radius 1 is 1.00 bits per heavy atom. The van der Waals surface area contributed by atoms with E-state index in [2.05, 4.69) is 21.7 Å². The summed E-state index contributed by atoms with van der Waals surface area (Å²) in [6.07, 6.45) is 1.81. The Labute approximate surface area is 222 Å². The summed E-state index contributed by atoms with van der Waals surface area (Å²) in [5, 5.41) is 6.93. The number of hydrogen-bond acceptors (Lipinski definition) is 4. The van der Waals surface area contributed by atoms with Gasteiger partial charge in [0.05, 0.1) is 6.04 Å². The molecule has 0 bridgehead atoms. The van der Waals surface area contributed by atoms with Crippen LogP contribution in [0.15, 0.2) is 78.9 Å². The molecule has 1 aromatic heterocycles. The summed E-state index contributed by atoms with van der Waals surface area (Å²) in [4.78, 5) is 43.3. The molecule has 4 aromatic rings. The number of fused-ring (bicyclic) bond motifs is 1. The van der Waals surface area contributed by atoms with Crippen LogP contribution >= 0.6 is 0 Å². The molecule has 194 valence electrons. The fourth-order valence-corrected chi connectivity index (χ4v) is 5.31. The van der Waals surface area contributed by atoms with E-state index in [1.165, 1.54) is 6.92 Å². The van der Waals surface area contributed by atoms with Gasteiger partial charge in [-0.15, -0.1) is 0 Å². The Bertz CT molecular complexity index is 1460. The lowest BCUT2D eigenvalue weighted by Gasteiger charge is -2.28. The molecule has 0 aliphatic carbocycles. The van der Waals surface area contributed by atoms with Crippen molar-refractivity contribution in [3.63, 3.8) is 0 Å². The molecule has 7 nitrogen and oxygen atoms in total. The van der Waals surface area contributed by atoms with Crippen LogP contribution in [0.5, 0.6) is 0 Å². The number of nitrogens with zero attached hydrogens (tertiary/aromatic N) is 1. The molecule has 0 unspecified atom stereocenters. The van der Waals surface area contributed by atoms with Gasteiger partial charge in [-0.25, -0.2) is 0 Å². The van der Waals surface area contributed by atoms with Crippen molar-refractivity contribution >= 4 is 34.2 Å². The van der Waals surface area contributed by atoms with Crippen LogP contribution in [-0.2, 0) is 20.8 Å². The van der Waals surface area contributed by atoms with Crippen molar-refractivity contribution in [2.24, 2.45) is 0 Å². The van der Waals surface area contributed by atoms with E-state index in [9.17, 15) is 14.4 Å². The van der Waals surface area contributed by atoms with Crippen LogP contribution in [-0.4, -0.2) is 47.1 Å². The molecule has 2 amide bonds. The number of aromatic amines is 1. The maximum atomic E-state index is 13.4. The van der Waals surface area contributed by atoms with Crippen LogP contribution in [0.1, 0.15) is 36.9 Å². The first kappa shape index (κ1) is 25.4. The number of carbonyl (C=O) groups excluding carboxylic acids is 3. The summed E-state index contributed by atoms with van der Waals surface area (Å²) >= 11 is 0. The maximum Gasteiger partial charge on any atom is 0.244 e. The van der Waals surface area contributed by atoms with E-state index in [0.29, 0.717) is 13.0 Å². The third-order valence-corrected chi connectivity index (χ3v) is 7.16. The van der Waals surface area contributed by atoms with Gasteiger partial charge in [0.25, 0.3) is 0 Å². The highest BCUT2D eigenvalue weighted by atomic mass is 16.2. The fraction of sp³-hybridized carbons (Fsp3) is 0.258. The quantitative estimate of drug-likeness (QED) is 0.317. The number of H-pyrrole nitrogens is 1. The van der Waals surface area contributed by atoms with Crippen LogP contribution in [0.3, 0.4) is 0 Å². The Morgan fingerprint density at radius 3 is 2.47 bits per heavy atom. The average Bonchev–Trinajstić information content (AvgIpc) is 3.57. The van der Waals surface area contributed by atoms with E-state index in [1.807, 2.05) is 72.8 Å². The topological polar surface area (TPSA) is 94.3 Å². The molecule has 3 N–H and O–H groups in total. The van der Waals surface area contributed by atoms with Crippen LogP contribution in [0, 0.1) is 0 Å². The number of anilines is 1. The number of aromatic nitrogens is 1. The third kappa shape index (κ3) is 5.38. The molecule has 3 aromatic carbocycles. The van der Waals surface area contributed by atoms with Gasteiger partial charge in [-0.2, -0.15) is 0 Å². The van der Waals surface area contributed by atoms with Crippen molar-refractivity contribution in [2.75, 3.05) is 18.9 Å². The zero-order valence-electron chi connectivity index (χ0n) is 21.7. The summed E-state index contributed by atoms with van der Waals surface area (Å²) < 4.78 is 0. The molecular weight excluding hydrogens is 476 g/mol. The second-order valence-electron chi connectivity index (χ2n) is 9.83. The van der Waals surface area contributed by atoms with E-state index in [0.717, 1.165) is 45.4 Å². The largest absolute Gasteiger partial charge is 0.355 e. The van der Waals surface area contributed by atoms with Gasteiger partial charge in [-0.05, 0) is 66.9 Å². The summed E-state index contributed by atoms with van der Waals surface area (Å²) in [6, 6.07) is 24.5. The van der Waals surface area contributed by atoms with Gasteiger partial charge < -0.3 is 20.5 Å². The monoisotopic (exact) mass is 508 g/mol. The predicted molar refractivity (Wildman–Crippen MR) is 150 cm³/mol. The lowest BCUT2D eigenvalue weighted by atomic mass is 9.99. The smallest absolute Gasteiger partial charge is 0.244 e. The van der Waals surface area contributed by atoms with Crippen LogP contribution < -0.4 is 10.6 Å². The van der Waals surface area contributed by atoms with Crippen molar-refractivity contribution in [2.45, 2.75) is 38.3 Å². The van der Waals surface area contributed by atoms with Crippen LogP contribution in [0.25, 0.3) is 22.2 Å². The molecular formula is C31H32N4O3. The number of carbonyl (C=O) groups is 3. The first-order valence-corrected chi connectivity index (χ1v) is 13.0. The standard InChI is InChI=1S/C31H32N4O3/c1-20(36)33-25-13-11-22(12-14-25)27-19-24-17-21(10-15-26(24)34-27)18-29(37)28-9-6-16-35(28)31(38)30(32-2)23-7-4-3-5-8-23/h3-5,7-8,10-15,17,19,28,30,32,34H,6,9,16,18H2,1-2H3,(H,33,36)/t28-,30+/m0/s1. The molecule has 1 aliphatic rings. The van der Waals surface area contributed by atoms with Gasteiger partial charge in [-0.3, -0.25) is 14.4 Å². The summed E-state index contributed by atoms with van der Waals surface area (Å²) in [6.45, 7) is 2.08. The van der Waals surface area contributed by atoms with Crippen molar-refractivity contribution in [3.8, 4) is 11.3 Å². The van der Waals surface area contributed by atoms with E-state index in [4.69, 9.17) is 0 Å². The number of likely N-dealkylation sites (N-methyl/N-ethyl adjacent to an activating group) is 1. The van der Waals surface area contributed by atoms with Gasteiger partial charge in [-0.1, -0.05) is 48.5 Å². The van der Waals surface area contributed by atoms with Crippen molar-refractivity contribution in [1.82, 2.24) is 15.2 Å². The Hall–Kier alpha value is -4.23. The van der Waals surface area contributed by atoms with Crippen LogP contribution in [0.4, 0.5) is 5.69 Å². The number of likely N-dealkylation sites (tertiary alicyclic amines) is 1. The highest BCUT2D eigenvalue weighted by molar-refractivity contribution is 5.94. The minimum Gasteiger partial charge on any atom is -0.355 e. The summed E-state index contributed by atoms with van der Waals surface area (Å²) in [5.41, 5.74) is 5.54. The zero-order valence-corrected chi connectivity index (χ0v) is 21.7. The SMILES string of the molecule is CN[C@@H](C(=O)N1CCC[C@H]1C(=O)Cc1ccc2[nH]c(-c3ccc(NC(C)=O)cc3)cc2c1)c1ccccc1. The minimum atomic E-state index is -0.466. The number of nitrogens with one attached hydrogen (secondary N) is 3. The molecule has 1 saturated heterocycles. The summed E-state index contributed by atoms with van der Waals surface area (Å²) in [5.74, 6) is -0.0826. The molecule has 1 fully saturated rings. The van der Waals surface area contributed by atoms with Gasteiger partial charge in [0.1, 0.15) is 6.04 Å². The zero-order chi connectivity index (χ0) is 26.6. The van der Waals surface area contributed by atoms with E-state index in [1.54, 1.807) is 11.9 Å². The van der Waals surface area contributed by atoms with Gasteiger partial charge in [0.15, 0.2) is 5.78 Å². The molecule has 1 aliphatic heterocycles. The number of Topliss-reactive ketones (excluding diaryl/α,β-unsaturated/α-hetero) is 1. The lowest BCUT2D eigenvalue weighted by molar-refractivity contribution is -0.139. The normalized spacial score (nSPS) is 15.9. The molecule has 2 heterocycles. The second kappa shape index (κ2) is 11.0. The lowest BCUT2D eigenvalue weighted by Crippen LogP contribution is -2.46. The van der Waals surface area contributed by atoms with E-state index in [-0.39, 0.29) is 24.0 Å². The Morgan fingerprint density at radius 2 is 1.76 bits per heavy atom. The Kier molecular flexibility index (Phi) is 7.38. The van der Waals surface area contributed by atoms with Gasteiger partial charge in [0, 0.05) is 42.2 Å². The first-order chi connectivity index (χ1) is 18.4. The third-order valence-electron chi connectivity index (χ3n) is 7.16. The number of rotatable bonds is 8. The van der Waals surface area contributed by atoms with Gasteiger partial charge in [0.2, 0.25) is 11.8 Å². The van der Waals surface area contributed by atoms with E-state index >= 15 is 0 Å².